The number of nitrogens with one attached hydrogen (secondary N) is 1. The lowest BCUT2D eigenvalue weighted by molar-refractivity contribution is 0.411. The van der Waals surface area contributed by atoms with Gasteiger partial charge in [0.2, 0.25) is 0 Å². The maximum absolute atomic E-state index is 5.57. The van der Waals surface area contributed by atoms with Crippen molar-refractivity contribution in [2.45, 2.75) is 32.2 Å². The molecular formula is C14H19N. The molecule has 0 aliphatic rings. The van der Waals surface area contributed by atoms with E-state index in [1.165, 1.54) is 5.56 Å². The number of terminal acetylenes is 1. The van der Waals surface area contributed by atoms with Crippen LogP contribution in [0.2, 0.25) is 0 Å². The van der Waals surface area contributed by atoms with Gasteiger partial charge in [0.05, 0.1) is 6.04 Å². The van der Waals surface area contributed by atoms with Gasteiger partial charge in [0.1, 0.15) is 0 Å². The minimum atomic E-state index is -0.0357. The van der Waals surface area contributed by atoms with Crippen molar-refractivity contribution in [3.63, 3.8) is 0 Å². The molecule has 0 fully saturated rings. The number of rotatable bonds is 4. The highest BCUT2D eigenvalue weighted by Crippen LogP contribution is 2.26. The average Bonchev–Trinajstić information content (AvgIpc) is 2.27. The molecule has 0 saturated heterocycles. The van der Waals surface area contributed by atoms with Crippen molar-refractivity contribution in [3.8, 4) is 12.3 Å². The van der Waals surface area contributed by atoms with Gasteiger partial charge in [0, 0.05) is 5.41 Å². The first-order valence-electron chi connectivity index (χ1n) is 5.38. The molecule has 0 aromatic heterocycles. The molecule has 1 nitrogen and oxygen atoms in total. The Balaban J connectivity index is 2.96. The van der Waals surface area contributed by atoms with Crippen molar-refractivity contribution >= 4 is 0 Å². The molecule has 0 aliphatic carbocycles. The number of hydrogen-bond donors (Lipinski definition) is 1. The van der Waals surface area contributed by atoms with Crippen LogP contribution in [0, 0.1) is 12.3 Å². The van der Waals surface area contributed by atoms with E-state index in [-0.39, 0.29) is 11.5 Å². The summed E-state index contributed by atoms with van der Waals surface area (Å²) in [5, 5.41) is 3.33. The highest BCUT2D eigenvalue weighted by atomic mass is 14.9. The molecule has 0 radical (unpaired) electrons. The fourth-order valence-electron chi connectivity index (χ4n) is 1.76. The largest absolute Gasteiger partial charge is 0.303 e. The van der Waals surface area contributed by atoms with Crippen molar-refractivity contribution in [2.24, 2.45) is 0 Å². The maximum Gasteiger partial charge on any atom is 0.0779 e. The van der Waals surface area contributed by atoms with E-state index >= 15 is 0 Å². The van der Waals surface area contributed by atoms with E-state index in [2.05, 4.69) is 56.3 Å². The third-order valence-electron chi connectivity index (χ3n) is 2.81. The Hall–Kier alpha value is -1.26. The first kappa shape index (κ1) is 11.8. The standard InChI is InChI=1S/C14H19N/c1-5-13(15-6-2)14(3,4)12-10-8-7-9-11-12/h1,7-11,13,15H,6H2,2-4H3. The SMILES string of the molecule is C#CC(NCC)C(C)(C)c1ccccc1. The van der Waals surface area contributed by atoms with Crippen molar-refractivity contribution < 1.29 is 0 Å². The Morgan fingerprint density at radius 3 is 2.40 bits per heavy atom. The maximum atomic E-state index is 5.57. The second-order valence-electron chi connectivity index (χ2n) is 4.25. The molecule has 15 heavy (non-hydrogen) atoms. The lowest BCUT2D eigenvalue weighted by Crippen LogP contribution is -2.43. The van der Waals surface area contributed by atoms with Crippen LogP contribution in [-0.2, 0) is 5.41 Å². The Morgan fingerprint density at radius 2 is 1.93 bits per heavy atom. The molecule has 0 spiro atoms. The molecule has 0 aliphatic heterocycles. The summed E-state index contributed by atoms with van der Waals surface area (Å²) in [6.07, 6.45) is 5.57. The third-order valence-corrected chi connectivity index (χ3v) is 2.81. The van der Waals surface area contributed by atoms with E-state index in [0.717, 1.165) is 6.54 Å². The molecule has 1 aromatic rings. The molecular weight excluding hydrogens is 182 g/mol. The van der Waals surface area contributed by atoms with Gasteiger partial charge in [0.15, 0.2) is 0 Å². The van der Waals surface area contributed by atoms with E-state index in [1.54, 1.807) is 0 Å². The quantitative estimate of drug-likeness (QED) is 0.738. The van der Waals surface area contributed by atoms with E-state index < -0.39 is 0 Å². The van der Waals surface area contributed by atoms with Crippen LogP contribution in [0.5, 0.6) is 0 Å². The van der Waals surface area contributed by atoms with Gasteiger partial charge in [-0.1, -0.05) is 57.0 Å². The Labute approximate surface area is 92.9 Å². The normalized spacial score (nSPS) is 13.2. The van der Waals surface area contributed by atoms with Crippen molar-refractivity contribution in [1.29, 1.82) is 0 Å². The van der Waals surface area contributed by atoms with Gasteiger partial charge in [-0.15, -0.1) is 6.42 Å². The molecule has 1 atom stereocenters. The molecule has 0 amide bonds. The van der Waals surface area contributed by atoms with Crippen LogP contribution in [0.1, 0.15) is 26.3 Å². The second-order valence-corrected chi connectivity index (χ2v) is 4.25. The topological polar surface area (TPSA) is 12.0 Å². The minimum absolute atomic E-state index is 0.0357. The predicted molar refractivity (Wildman–Crippen MR) is 65.8 cm³/mol. The van der Waals surface area contributed by atoms with E-state index in [0.29, 0.717) is 0 Å². The summed E-state index contributed by atoms with van der Waals surface area (Å²) in [5.41, 5.74) is 1.24. The molecule has 1 unspecified atom stereocenters. The Morgan fingerprint density at radius 1 is 1.33 bits per heavy atom. The van der Waals surface area contributed by atoms with Gasteiger partial charge in [0.25, 0.3) is 0 Å². The highest BCUT2D eigenvalue weighted by Gasteiger charge is 2.28. The summed E-state index contributed by atoms with van der Waals surface area (Å²) in [6.45, 7) is 7.32. The van der Waals surface area contributed by atoms with Gasteiger partial charge >= 0.3 is 0 Å². The van der Waals surface area contributed by atoms with Crippen LogP contribution < -0.4 is 5.32 Å². The van der Waals surface area contributed by atoms with Gasteiger partial charge in [-0.25, -0.2) is 0 Å². The van der Waals surface area contributed by atoms with Gasteiger partial charge in [-0.05, 0) is 12.1 Å². The van der Waals surface area contributed by atoms with Gasteiger partial charge < -0.3 is 5.32 Å². The Kier molecular flexibility index (Phi) is 3.94. The van der Waals surface area contributed by atoms with Crippen LogP contribution >= 0.6 is 0 Å². The fourth-order valence-corrected chi connectivity index (χ4v) is 1.76. The molecule has 1 rings (SSSR count). The van der Waals surface area contributed by atoms with Gasteiger partial charge in [-0.2, -0.15) is 0 Å². The summed E-state index contributed by atoms with van der Waals surface area (Å²) in [7, 11) is 0. The van der Waals surface area contributed by atoms with Crippen LogP contribution in [-0.4, -0.2) is 12.6 Å². The predicted octanol–water partition coefficient (Wildman–Crippen LogP) is 2.58. The first-order valence-corrected chi connectivity index (χ1v) is 5.38. The van der Waals surface area contributed by atoms with Crippen LogP contribution in [0.15, 0.2) is 30.3 Å². The molecule has 0 heterocycles. The van der Waals surface area contributed by atoms with Crippen LogP contribution in [0.25, 0.3) is 0 Å². The smallest absolute Gasteiger partial charge is 0.0779 e. The molecule has 0 bridgehead atoms. The summed E-state index contributed by atoms with van der Waals surface area (Å²) < 4.78 is 0. The lowest BCUT2D eigenvalue weighted by atomic mass is 9.78. The number of likely N-dealkylation sites (N-methyl/N-ethyl adjacent to an activating group) is 1. The first-order chi connectivity index (χ1) is 7.12. The van der Waals surface area contributed by atoms with E-state index in [4.69, 9.17) is 6.42 Å². The number of hydrogen-bond acceptors (Lipinski definition) is 1. The molecule has 1 heteroatoms. The molecule has 80 valence electrons. The average molecular weight is 201 g/mol. The molecule has 1 N–H and O–H groups in total. The minimum Gasteiger partial charge on any atom is -0.303 e. The Bertz CT molecular complexity index is 332. The van der Waals surface area contributed by atoms with E-state index in [1.807, 2.05) is 6.07 Å². The van der Waals surface area contributed by atoms with Crippen molar-refractivity contribution in [1.82, 2.24) is 5.32 Å². The lowest BCUT2D eigenvalue weighted by Gasteiger charge is -2.32. The van der Waals surface area contributed by atoms with Crippen LogP contribution in [0.3, 0.4) is 0 Å². The monoisotopic (exact) mass is 201 g/mol. The molecule has 1 aromatic carbocycles. The van der Waals surface area contributed by atoms with Crippen molar-refractivity contribution in [3.05, 3.63) is 35.9 Å². The zero-order valence-corrected chi connectivity index (χ0v) is 9.75. The summed E-state index contributed by atoms with van der Waals surface area (Å²) in [4.78, 5) is 0. The van der Waals surface area contributed by atoms with Crippen LogP contribution in [0.4, 0.5) is 0 Å². The summed E-state index contributed by atoms with van der Waals surface area (Å²) >= 11 is 0. The molecule has 0 saturated carbocycles. The highest BCUT2D eigenvalue weighted by molar-refractivity contribution is 5.29. The van der Waals surface area contributed by atoms with E-state index in [9.17, 15) is 0 Å². The summed E-state index contributed by atoms with van der Waals surface area (Å²) in [5.74, 6) is 2.83. The second kappa shape index (κ2) is 5.00. The van der Waals surface area contributed by atoms with Crippen molar-refractivity contribution in [2.75, 3.05) is 6.54 Å². The fraction of sp³-hybridized carbons (Fsp3) is 0.429. The third kappa shape index (κ3) is 2.61. The van der Waals surface area contributed by atoms with Gasteiger partial charge in [-0.3, -0.25) is 0 Å². The zero-order chi connectivity index (χ0) is 11.3. The summed E-state index contributed by atoms with van der Waals surface area (Å²) in [6, 6.07) is 10.5. The zero-order valence-electron chi connectivity index (χ0n) is 9.75. The number of benzene rings is 1.